The average molecular weight is 336 g/mol. The van der Waals surface area contributed by atoms with Gasteiger partial charge in [0.2, 0.25) is 5.91 Å². The zero-order chi connectivity index (χ0) is 13.0. The predicted molar refractivity (Wildman–Crippen MR) is 80.8 cm³/mol. The first-order valence-electron chi connectivity index (χ1n) is 5.74. The summed E-state index contributed by atoms with van der Waals surface area (Å²) < 4.78 is 0.992. The molecule has 1 amide bonds. The van der Waals surface area contributed by atoms with E-state index in [4.69, 9.17) is 5.73 Å². The van der Waals surface area contributed by atoms with Crippen molar-refractivity contribution in [2.75, 3.05) is 0 Å². The molecule has 0 aliphatic carbocycles. The third-order valence-corrected chi connectivity index (χ3v) is 3.47. The summed E-state index contributed by atoms with van der Waals surface area (Å²) in [6.45, 7) is 5.83. The standard InChI is InChI=1S/C13H19BrN2O.ClH/c1-8(2)12(15)13(17)16-9(3)10-6-4-5-7-11(10)14;/h4-9,12H,15H2,1-3H3,(H,16,17);1H/t9?,12-;/m1./s1. The lowest BCUT2D eigenvalue weighted by atomic mass is 10.0. The molecular weight excluding hydrogens is 316 g/mol. The number of benzene rings is 1. The van der Waals surface area contributed by atoms with E-state index in [-0.39, 0.29) is 30.3 Å². The summed E-state index contributed by atoms with van der Waals surface area (Å²) in [5.41, 5.74) is 6.85. The van der Waals surface area contributed by atoms with Gasteiger partial charge in [0, 0.05) is 4.47 Å². The number of rotatable bonds is 4. The van der Waals surface area contributed by atoms with E-state index >= 15 is 0 Å². The molecule has 3 N–H and O–H groups in total. The second kappa shape index (κ2) is 7.77. The lowest BCUT2D eigenvalue weighted by molar-refractivity contribution is -0.123. The summed E-state index contributed by atoms with van der Waals surface area (Å²) in [6, 6.07) is 7.33. The maximum atomic E-state index is 11.8. The number of hydrogen-bond acceptors (Lipinski definition) is 2. The van der Waals surface area contributed by atoms with Crippen molar-refractivity contribution in [2.24, 2.45) is 11.7 Å². The van der Waals surface area contributed by atoms with E-state index in [1.807, 2.05) is 45.0 Å². The van der Waals surface area contributed by atoms with E-state index in [0.717, 1.165) is 10.0 Å². The Bertz CT molecular complexity index is 398. The molecule has 1 aromatic rings. The smallest absolute Gasteiger partial charge is 0.237 e. The van der Waals surface area contributed by atoms with Gasteiger partial charge in [-0.2, -0.15) is 0 Å². The fourth-order valence-corrected chi connectivity index (χ4v) is 2.14. The van der Waals surface area contributed by atoms with E-state index < -0.39 is 6.04 Å². The van der Waals surface area contributed by atoms with E-state index in [1.165, 1.54) is 0 Å². The van der Waals surface area contributed by atoms with Crippen LogP contribution in [0, 0.1) is 5.92 Å². The highest BCUT2D eigenvalue weighted by Crippen LogP contribution is 2.22. The third kappa shape index (κ3) is 4.59. The monoisotopic (exact) mass is 334 g/mol. The van der Waals surface area contributed by atoms with E-state index in [1.54, 1.807) is 0 Å². The van der Waals surface area contributed by atoms with Gasteiger partial charge < -0.3 is 11.1 Å². The Morgan fingerprint density at radius 2 is 1.83 bits per heavy atom. The van der Waals surface area contributed by atoms with Crippen LogP contribution in [0.15, 0.2) is 28.7 Å². The first-order chi connectivity index (χ1) is 7.93. The lowest BCUT2D eigenvalue weighted by Crippen LogP contribution is -2.44. The molecule has 102 valence electrons. The predicted octanol–water partition coefficient (Wildman–Crippen LogP) is 3.03. The number of amides is 1. The van der Waals surface area contributed by atoms with Crippen molar-refractivity contribution in [3.05, 3.63) is 34.3 Å². The van der Waals surface area contributed by atoms with Crippen LogP contribution < -0.4 is 11.1 Å². The average Bonchev–Trinajstić information content (AvgIpc) is 2.28. The zero-order valence-corrected chi connectivity index (χ0v) is 13.2. The van der Waals surface area contributed by atoms with Crippen LogP contribution >= 0.6 is 28.3 Å². The molecule has 0 heterocycles. The van der Waals surface area contributed by atoms with Crippen molar-refractivity contribution in [1.29, 1.82) is 0 Å². The molecule has 1 unspecified atom stereocenters. The number of nitrogens with two attached hydrogens (primary N) is 1. The minimum atomic E-state index is -0.458. The Labute approximate surface area is 123 Å². The van der Waals surface area contributed by atoms with Crippen molar-refractivity contribution < 1.29 is 4.79 Å². The molecule has 1 rings (SSSR count). The highest BCUT2D eigenvalue weighted by molar-refractivity contribution is 9.10. The summed E-state index contributed by atoms with van der Waals surface area (Å²) in [7, 11) is 0. The van der Waals surface area contributed by atoms with E-state index in [9.17, 15) is 4.79 Å². The van der Waals surface area contributed by atoms with Gasteiger partial charge in [-0.05, 0) is 24.5 Å². The normalized spacial score (nSPS) is 13.7. The van der Waals surface area contributed by atoms with Crippen LogP contribution in [-0.4, -0.2) is 11.9 Å². The second-order valence-electron chi connectivity index (χ2n) is 4.52. The number of nitrogens with one attached hydrogen (secondary N) is 1. The van der Waals surface area contributed by atoms with Gasteiger partial charge in [0.25, 0.3) is 0 Å². The largest absolute Gasteiger partial charge is 0.348 e. The van der Waals surface area contributed by atoms with E-state index in [2.05, 4.69) is 21.2 Å². The van der Waals surface area contributed by atoms with Crippen LogP contribution in [0.4, 0.5) is 0 Å². The Balaban J connectivity index is 0.00000289. The first kappa shape index (κ1) is 17.4. The molecule has 1 aromatic carbocycles. The topological polar surface area (TPSA) is 55.1 Å². The molecule has 0 saturated heterocycles. The Morgan fingerprint density at radius 1 is 1.28 bits per heavy atom. The summed E-state index contributed by atoms with van der Waals surface area (Å²) in [4.78, 5) is 11.8. The molecule has 3 nitrogen and oxygen atoms in total. The summed E-state index contributed by atoms with van der Waals surface area (Å²) in [6.07, 6.45) is 0. The molecule has 0 fully saturated rings. The van der Waals surface area contributed by atoms with Crippen molar-refractivity contribution >= 4 is 34.2 Å². The lowest BCUT2D eigenvalue weighted by Gasteiger charge is -2.20. The van der Waals surface area contributed by atoms with Gasteiger partial charge in [0.15, 0.2) is 0 Å². The summed E-state index contributed by atoms with van der Waals surface area (Å²) in [5, 5.41) is 2.92. The molecule has 0 saturated carbocycles. The van der Waals surface area contributed by atoms with Crippen molar-refractivity contribution in [2.45, 2.75) is 32.9 Å². The molecule has 2 atom stereocenters. The number of carbonyl (C=O) groups is 1. The van der Waals surface area contributed by atoms with Crippen molar-refractivity contribution in [1.82, 2.24) is 5.32 Å². The number of hydrogen-bond donors (Lipinski definition) is 2. The molecule has 0 aliphatic rings. The summed E-state index contributed by atoms with van der Waals surface area (Å²) >= 11 is 3.47. The van der Waals surface area contributed by atoms with Crippen molar-refractivity contribution in [3.8, 4) is 0 Å². The van der Waals surface area contributed by atoms with Gasteiger partial charge in [0.1, 0.15) is 0 Å². The van der Waals surface area contributed by atoms with Crippen LogP contribution in [0.2, 0.25) is 0 Å². The van der Waals surface area contributed by atoms with E-state index in [0.29, 0.717) is 0 Å². The fraction of sp³-hybridized carbons (Fsp3) is 0.462. The van der Waals surface area contributed by atoms with Gasteiger partial charge in [-0.15, -0.1) is 12.4 Å². The van der Waals surface area contributed by atoms with Gasteiger partial charge in [-0.25, -0.2) is 0 Å². The van der Waals surface area contributed by atoms with Crippen LogP contribution in [-0.2, 0) is 4.79 Å². The molecule has 0 spiro atoms. The van der Waals surface area contributed by atoms with Crippen LogP contribution in [0.25, 0.3) is 0 Å². The highest BCUT2D eigenvalue weighted by atomic mass is 79.9. The number of carbonyl (C=O) groups excluding carboxylic acids is 1. The minimum absolute atomic E-state index is 0. The second-order valence-corrected chi connectivity index (χ2v) is 5.38. The Morgan fingerprint density at radius 3 is 2.33 bits per heavy atom. The van der Waals surface area contributed by atoms with Crippen LogP contribution in [0.1, 0.15) is 32.4 Å². The molecule has 0 bridgehead atoms. The summed E-state index contributed by atoms with van der Waals surface area (Å²) in [5.74, 6) is 0.0321. The van der Waals surface area contributed by atoms with Crippen molar-refractivity contribution in [3.63, 3.8) is 0 Å². The maximum absolute atomic E-state index is 11.8. The molecule has 0 aromatic heterocycles. The molecule has 0 radical (unpaired) electrons. The van der Waals surface area contributed by atoms with Crippen LogP contribution in [0.3, 0.4) is 0 Å². The fourth-order valence-electron chi connectivity index (χ4n) is 1.52. The molecule has 5 heteroatoms. The Hall–Kier alpha value is -0.580. The highest BCUT2D eigenvalue weighted by Gasteiger charge is 2.20. The quantitative estimate of drug-likeness (QED) is 0.888. The third-order valence-electron chi connectivity index (χ3n) is 2.75. The SMILES string of the molecule is CC(NC(=O)[C@H](N)C(C)C)c1ccccc1Br.Cl. The number of halogens is 2. The molecule has 18 heavy (non-hydrogen) atoms. The first-order valence-corrected chi connectivity index (χ1v) is 6.53. The minimum Gasteiger partial charge on any atom is -0.348 e. The van der Waals surface area contributed by atoms with Gasteiger partial charge in [0.05, 0.1) is 12.1 Å². The van der Waals surface area contributed by atoms with Gasteiger partial charge in [-0.3, -0.25) is 4.79 Å². The van der Waals surface area contributed by atoms with Gasteiger partial charge >= 0.3 is 0 Å². The molecular formula is C13H20BrClN2O. The molecule has 0 aliphatic heterocycles. The maximum Gasteiger partial charge on any atom is 0.237 e. The Kier molecular flexibility index (Phi) is 7.52. The van der Waals surface area contributed by atoms with Gasteiger partial charge in [-0.1, -0.05) is 48.0 Å². The zero-order valence-electron chi connectivity index (χ0n) is 10.8. The van der Waals surface area contributed by atoms with Crippen LogP contribution in [0.5, 0.6) is 0 Å².